The van der Waals surface area contributed by atoms with Crippen LogP contribution in [-0.4, -0.2) is 53.4 Å². The van der Waals surface area contributed by atoms with E-state index in [-0.39, 0.29) is 11.9 Å². The summed E-state index contributed by atoms with van der Waals surface area (Å²) in [5.41, 5.74) is 2.50. The van der Waals surface area contributed by atoms with Gasteiger partial charge in [0.1, 0.15) is 0 Å². The smallest absolute Gasteiger partial charge is 0.251 e. The molecular weight excluding hydrogens is 468 g/mol. The van der Waals surface area contributed by atoms with Gasteiger partial charge in [-0.1, -0.05) is 29.8 Å². The fourth-order valence-corrected chi connectivity index (χ4v) is 4.12. The second kappa shape index (κ2) is 9.75. The largest absolute Gasteiger partial charge is 0.379 e. The number of rotatable bonds is 6. The Kier molecular flexibility index (Phi) is 6.84. The number of amides is 1. The topological polar surface area (TPSA) is 59.4 Å². The second-order valence-corrected chi connectivity index (χ2v) is 8.37. The molecule has 2 heterocycles. The predicted molar refractivity (Wildman–Crippen MR) is 120 cm³/mol. The number of carbonyl (C=O) groups excluding carboxylic acids is 1. The van der Waals surface area contributed by atoms with Gasteiger partial charge in [-0.25, -0.2) is 4.68 Å². The van der Waals surface area contributed by atoms with Gasteiger partial charge in [-0.15, -0.1) is 0 Å². The average molecular weight is 490 g/mol. The van der Waals surface area contributed by atoms with Crippen LogP contribution in [0, 0.1) is 0 Å². The fourth-order valence-electron chi connectivity index (χ4n) is 3.57. The van der Waals surface area contributed by atoms with Crippen molar-refractivity contribution in [3.63, 3.8) is 0 Å². The number of ether oxygens (including phenoxy) is 1. The van der Waals surface area contributed by atoms with Crippen molar-refractivity contribution >= 4 is 33.4 Å². The zero-order valence-corrected chi connectivity index (χ0v) is 18.6. The van der Waals surface area contributed by atoms with Crippen molar-refractivity contribution in [3.8, 4) is 5.69 Å². The van der Waals surface area contributed by atoms with Crippen LogP contribution < -0.4 is 5.32 Å². The first kappa shape index (κ1) is 21.1. The first-order valence-corrected chi connectivity index (χ1v) is 10.9. The molecule has 156 valence electrons. The van der Waals surface area contributed by atoms with Crippen LogP contribution in [-0.2, 0) is 4.74 Å². The first-order chi connectivity index (χ1) is 14.6. The summed E-state index contributed by atoms with van der Waals surface area (Å²) in [5.74, 6) is -0.117. The molecule has 0 aliphatic carbocycles. The van der Waals surface area contributed by atoms with Gasteiger partial charge in [-0.2, -0.15) is 5.10 Å². The van der Waals surface area contributed by atoms with Gasteiger partial charge in [0.15, 0.2) is 0 Å². The van der Waals surface area contributed by atoms with Crippen molar-refractivity contribution in [2.24, 2.45) is 0 Å². The molecule has 1 fully saturated rings. The molecule has 2 aromatic carbocycles. The summed E-state index contributed by atoms with van der Waals surface area (Å²) >= 11 is 9.86. The summed E-state index contributed by atoms with van der Waals surface area (Å²) in [6.45, 7) is 3.44. The molecule has 1 atom stereocenters. The molecule has 1 saturated heterocycles. The minimum absolute atomic E-state index is 0.00718. The van der Waals surface area contributed by atoms with E-state index in [1.165, 1.54) is 0 Å². The highest BCUT2D eigenvalue weighted by Crippen LogP contribution is 2.28. The molecule has 1 aliphatic heterocycles. The predicted octanol–water partition coefficient (Wildman–Crippen LogP) is 4.09. The Morgan fingerprint density at radius 1 is 1.17 bits per heavy atom. The lowest BCUT2D eigenvalue weighted by Gasteiger charge is -2.35. The van der Waals surface area contributed by atoms with Crippen LogP contribution in [0.1, 0.15) is 22.0 Å². The van der Waals surface area contributed by atoms with Crippen LogP contribution in [0.25, 0.3) is 5.69 Å². The first-order valence-electron chi connectivity index (χ1n) is 9.77. The van der Waals surface area contributed by atoms with Gasteiger partial charge < -0.3 is 10.1 Å². The zero-order valence-electron chi connectivity index (χ0n) is 16.3. The maximum Gasteiger partial charge on any atom is 0.251 e. The fraction of sp³-hybridized carbons (Fsp3) is 0.273. The van der Waals surface area contributed by atoms with E-state index in [4.69, 9.17) is 16.3 Å². The molecule has 4 rings (SSSR count). The third kappa shape index (κ3) is 4.92. The van der Waals surface area contributed by atoms with Crippen molar-refractivity contribution in [1.82, 2.24) is 20.0 Å². The number of hydrogen-bond donors (Lipinski definition) is 1. The normalized spacial score (nSPS) is 15.7. The highest BCUT2D eigenvalue weighted by Gasteiger charge is 2.25. The lowest BCUT2D eigenvalue weighted by Crippen LogP contribution is -2.44. The monoisotopic (exact) mass is 488 g/mol. The lowest BCUT2D eigenvalue weighted by molar-refractivity contribution is 0.0162. The lowest BCUT2D eigenvalue weighted by atomic mass is 10.0. The molecule has 6 nitrogen and oxygen atoms in total. The Morgan fingerprint density at radius 2 is 1.90 bits per heavy atom. The van der Waals surface area contributed by atoms with Crippen molar-refractivity contribution in [1.29, 1.82) is 0 Å². The molecule has 30 heavy (non-hydrogen) atoms. The molecule has 1 N–H and O–H groups in total. The van der Waals surface area contributed by atoms with Gasteiger partial charge in [-0.05, 0) is 51.8 Å². The van der Waals surface area contributed by atoms with E-state index in [1.807, 2.05) is 42.6 Å². The number of nitrogens with zero attached hydrogens (tertiary/aromatic N) is 3. The minimum Gasteiger partial charge on any atom is -0.379 e. The summed E-state index contributed by atoms with van der Waals surface area (Å²) in [4.78, 5) is 15.1. The molecular formula is C22H22BrClN4O2. The van der Waals surface area contributed by atoms with E-state index in [9.17, 15) is 4.79 Å². The van der Waals surface area contributed by atoms with E-state index in [1.54, 1.807) is 23.0 Å². The Bertz CT molecular complexity index is 1000. The van der Waals surface area contributed by atoms with Crippen molar-refractivity contribution in [2.75, 3.05) is 32.8 Å². The van der Waals surface area contributed by atoms with E-state index >= 15 is 0 Å². The molecule has 1 amide bonds. The van der Waals surface area contributed by atoms with Gasteiger partial charge in [0.25, 0.3) is 5.91 Å². The van der Waals surface area contributed by atoms with Gasteiger partial charge >= 0.3 is 0 Å². The van der Waals surface area contributed by atoms with Gasteiger partial charge in [0.05, 0.1) is 35.6 Å². The van der Waals surface area contributed by atoms with Gasteiger partial charge in [-0.3, -0.25) is 9.69 Å². The number of hydrogen-bond acceptors (Lipinski definition) is 4. The molecule has 8 heteroatoms. The summed E-state index contributed by atoms with van der Waals surface area (Å²) in [5, 5.41) is 8.04. The average Bonchev–Trinajstić information content (AvgIpc) is 3.22. The van der Waals surface area contributed by atoms with Crippen molar-refractivity contribution < 1.29 is 9.53 Å². The molecule has 0 bridgehead atoms. The van der Waals surface area contributed by atoms with E-state index < -0.39 is 0 Å². The van der Waals surface area contributed by atoms with Crippen LogP contribution in [0.15, 0.2) is 65.4 Å². The summed E-state index contributed by atoms with van der Waals surface area (Å²) < 4.78 is 8.14. The maximum atomic E-state index is 12.8. The van der Waals surface area contributed by atoms with E-state index in [0.29, 0.717) is 30.3 Å². The number of carbonyl (C=O) groups is 1. The zero-order chi connectivity index (χ0) is 20.9. The number of benzene rings is 2. The van der Waals surface area contributed by atoms with Crippen LogP contribution in [0.4, 0.5) is 0 Å². The Balaban J connectivity index is 1.46. The van der Waals surface area contributed by atoms with Crippen LogP contribution in [0.2, 0.25) is 5.02 Å². The molecule has 3 aromatic rings. The number of halogens is 2. The molecule has 0 radical (unpaired) electrons. The van der Waals surface area contributed by atoms with Crippen molar-refractivity contribution in [3.05, 3.63) is 81.5 Å². The third-order valence-electron chi connectivity index (χ3n) is 5.15. The SMILES string of the molecule is O=C(NCC(c1ccccc1Cl)N1CCOCC1)c1ccc(-n2cc(Br)cn2)cc1. The second-order valence-electron chi connectivity index (χ2n) is 7.05. The Morgan fingerprint density at radius 3 is 2.57 bits per heavy atom. The Labute approximate surface area is 188 Å². The van der Waals surface area contributed by atoms with Gasteiger partial charge in [0, 0.05) is 36.4 Å². The number of morpholine rings is 1. The molecule has 0 saturated carbocycles. The molecule has 1 aliphatic rings. The molecule has 1 aromatic heterocycles. The summed E-state index contributed by atoms with van der Waals surface area (Å²) in [7, 11) is 0. The molecule has 0 spiro atoms. The van der Waals surface area contributed by atoms with Crippen molar-refractivity contribution in [2.45, 2.75) is 6.04 Å². The van der Waals surface area contributed by atoms with E-state index in [2.05, 4.69) is 31.2 Å². The third-order valence-corrected chi connectivity index (χ3v) is 5.91. The highest BCUT2D eigenvalue weighted by atomic mass is 79.9. The van der Waals surface area contributed by atoms with Crippen LogP contribution >= 0.6 is 27.5 Å². The quantitative estimate of drug-likeness (QED) is 0.567. The summed E-state index contributed by atoms with van der Waals surface area (Å²) in [6.07, 6.45) is 3.59. The standard InChI is InChI=1S/C22H22BrClN4O2/c23-17-13-26-28(15-17)18-7-5-16(6-8-18)22(29)25-14-21(27-9-11-30-12-10-27)19-3-1-2-4-20(19)24/h1-8,13,15,21H,9-12,14H2,(H,25,29). The highest BCUT2D eigenvalue weighted by molar-refractivity contribution is 9.10. The maximum absolute atomic E-state index is 12.8. The minimum atomic E-state index is -0.117. The number of nitrogens with one attached hydrogen (secondary N) is 1. The number of aromatic nitrogens is 2. The Hall–Kier alpha value is -2.19. The van der Waals surface area contributed by atoms with E-state index in [0.717, 1.165) is 28.8 Å². The molecule has 1 unspecified atom stereocenters. The summed E-state index contributed by atoms with van der Waals surface area (Å²) in [6, 6.07) is 15.2. The van der Waals surface area contributed by atoms with Crippen LogP contribution in [0.5, 0.6) is 0 Å². The van der Waals surface area contributed by atoms with Gasteiger partial charge in [0.2, 0.25) is 0 Å². The van der Waals surface area contributed by atoms with Crippen LogP contribution in [0.3, 0.4) is 0 Å².